The Morgan fingerprint density at radius 2 is 2.33 bits per heavy atom. The normalized spacial score (nSPS) is 25.7. The summed E-state index contributed by atoms with van der Waals surface area (Å²) in [7, 11) is 0. The molecule has 1 aromatic rings. The summed E-state index contributed by atoms with van der Waals surface area (Å²) in [6.45, 7) is -0.0470. The van der Waals surface area contributed by atoms with Crippen LogP contribution in [-0.2, 0) is 4.74 Å². The fourth-order valence-electron chi connectivity index (χ4n) is 1.68. The van der Waals surface area contributed by atoms with Gasteiger partial charge in [0.25, 0.3) is 5.56 Å². The minimum Gasteiger partial charge on any atom is -0.394 e. The summed E-state index contributed by atoms with van der Waals surface area (Å²) in [5, 5.41) is 8.87. The van der Waals surface area contributed by atoms with Gasteiger partial charge in [0, 0.05) is 12.3 Å². The first-order valence-electron chi connectivity index (χ1n) is 4.78. The highest BCUT2D eigenvalue weighted by molar-refractivity contribution is 4.85. The van der Waals surface area contributed by atoms with E-state index in [1.54, 1.807) is 0 Å². The zero-order chi connectivity index (χ0) is 10.8. The molecular weight excluding hydrogens is 200 g/mol. The quantitative estimate of drug-likeness (QED) is 0.672. The van der Waals surface area contributed by atoms with Gasteiger partial charge in [-0.05, 0) is 12.8 Å². The molecule has 0 radical (unpaired) electrons. The predicted molar refractivity (Wildman–Crippen MR) is 51.6 cm³/mol. The lowest BCUT2D eigenvalue weighted by atomic mass is 10.2. The molecule has 1 saturated heterocycles. The molecule has 1 unspecified atom stereocenters. The molecule has 82 valence electrons. The van der Waals surface area contributed by atoms with Crippen LogP contribution in [-0.4, -0.2) is 27.4 Å². The molecule has 6 nitrogen and oxygen atoms in total. The van der Waals surface area contributed by atoms with Crippen LogP contribution in [0.3, 0.4) is 0 Å². The molecule has 2 N–H and O–H groups in total. The lowest BCUT2D eigenvalue weighted by Crippen LogP contribution is -2.31. The van der Waals surface area contributed by atoms with Crippen LogP contribution in [0.1, 0.15) is 19.1 Å². The molecule has 15 heavy (non-hydrogen) atoms. The maximum atomic E-state index is 11.4. The molecular formula is C9H12N2O4. The number of rotatable bonds is 2. The van der Waals surface area contributed by atoms with Gasteiger partial charge in [0.05, 0.1) is 12.7 Å². The van der Waals surface area contributed by atoms with Crippen molar-refractivity contribution >= 4 is 0 Å². The third kappa shape index (κ3) is 2.00. The molecule has 6 heteroatoms. The SMILES string of the molecule is O=c1ccn([C@H]2CCC(CO)O2)c(=O)[nH]1. The number of aromatic amines is 1. The van der Waals surface area contributed by atoms with Gasteiger partial charge in [0.2, 0.25) is 0 Å². The molecule has 1 aliphatic rings. The Balaban J connectivity index is 2.24. The summed E-state index contributed by atoms with van der Waals surface area (Å²) in [5.41, 5.74) is -0.904. The summed E-state index contributed by atoms with van der Waals surface area (Å²) in [6, 6.07) is 1.27. The topological polar surface area (TPSA) is 84.3 Å². The molecule has 2 rings (SSSR count). The van der Waals surface area contributed by atoms with Crippen molar-refractivity contribution in [2.75, 3.05) is 6.61 Å². The van der Waals surface area contributed by atoms with Crippen LogP contribution in [0.15, 0.2) is 21.9 Å². The summed E-state index contributed by atoms with van der Waals surface area (Å²) in [6.07, 6.45) is 2.19. The molecule has 0 aromatic carbocycles. The maximum Gasteiger partial charge on any atom is 0.330 e. The Bertz CT molecular complexity index is 450. The minimum atomic E-state index is -0.480. The Morgan fingerprint density at radius 1 is 1.53 bits per heavy atom. The number of aromatic nitrogens is 2. The molecule has 1 aromatic heterocycles. The van der Waals surface area contributed by atoms with E-state index in [9.17, 15) is 9.59 Å². The van der Waals surface area contributed by atoms with E-state index < -0.39 is 11.2 Å². The van der Waals surface area contributed by atoms with Crippen molar-refractivity contribution in [1.82, 2.24) is 9.55 Å². The molecule has 0 aliphatic carbocycles. The second-order valence-electron chi connectivity index (χ2n) is 3.49. The van der Waals surface area contributed by atoms with Crippen molar-refractivity contribution in [2.24, 2.45) is 0 Å². The minimum absolute atomic E-state index is 0.0470. The zero-order valence-electron chi connectivity index (χ0n) is 8.05. The van der Waals surface area contributed by atoms with Crippen LogP contribution in [0.5, 0.6) is 0 Å². The number of aliphatic hydroxyl groups is 1. The summed E-state index contributed by atoms with van der Waals surface area (Å²) >= 11 is 0. The van der Waals surface area contributed by atoms with E-state index in [1.807, 2.05) is 0 Å². The van der Waals surface area contributed by atoms with E-state index in [4.69, 9.17) is 9.84 Å². The van der Waals surface area contributed by atoms with E-state index in [1.165, 1.54) is 16.8 Å². The lowest BCUT2D eigenvalue weighted by molar-refractivity contribution is -0.0246. The molecule has 1 aliphatic heterocycles. The average Bonchev–Trinajstić information content (AvgIpc) is 2.66. The summed E-state index contributed by atoms with van der Waals surface area (Å²) in [4.78, 5) is 24.4. The maximum absolute atomic E-state index is 11.4. The van der Waals surface area contributed by atoms with E-state index >= 15 is 0 Å². The molecule has 0 bridgehead atoms. The van der Waals surface area contributed by atoms with Crippen LogP contribution >= 0.6 is 0 Å². The van der Waals surface area contributed by atoms with Crippen molar-refractivity contribution in [3.8, 4) is 0 Å². The Labute approximate surface area is 85.1 Å². The van der Waals surface area contributed by atoms with Gasteiger partial charge in [-0.25, -0.2) is 4.79 Å². The van der Waals surface area contributed by atoms with Crippen molar-refractivity contribution in [3.05, 3.63) is 33.1 Å². The van der Waals surface area contributed by atoms with Gasteiger partial charge >= 0.3 is 5.69 Å². The van der Waals surface area contributed by atoms with Crippen LogP contribution in [0.25, 0.3) is 0 Å². The number of H-pyrrole nitrogens is 1. The largest absolute Gasteiger partial charge is 0.394 e. The van der Waals surface area contributed by atoms with Gasteiger partial charge in [-0.1, -0.05) is 0 Å². The second-order valence-corrected chi connectivity index (χ2v) is 3.49. The van der Waals surface area contributed by atoms with Crippen molar-refractivity contribution in [2.45, 2.75) is 25.2 Å². The molecule has 2 atom stereocenters. The predicted octanol–water partition coefficient (Wildman–Crippen LogP) is -0.794. The smallest absolute Gasteiger partial charge is 0.330 e. The number of nitrogens with zero attached hydrogens (tertiary/aromatic N) is 1. The number of ether oxygens (including phenoxy) is 1. The first kappa shape index (κ1) is 10.1. The fraction of sp³-hybridized carbons (Fsp3) is 0.556. The van der Waals surface area contributed by atoms with Crippen LogP contribution in [0, 0.1) is 0 Å². The van der Waals surface area contributed by atoms with Gasteiger partial charge in [0.1, 0.15) is 6.23 Å². The molecule has 0 amide bonds. The average molecular weight is 212 g/mol. The van der Waals surface area contributed by atoms with Crippen LogP contribution in [0.4, 0.5) is 0 Å². The number of hydrogen-bond acceptors (Lipinski definition) is 4. The van der Waals surface area contributed by atoms with E-state index in [2.05, 4.69) is 4.98 Å². The monoisotopic (exact) mass is 212 g/mol. The highest BCUT2D eigenvalue weighted by Crippen LogP contribution is 2.26. The second kappa shape index (κ2) is 4.00. The zero-order valence-corrected chi connectivity index (χ0v) is 8.05. The van der Waals surface area contributed by atoms with E-state index in [0.717, 1.165) is 0 Å². The third-order valence-electron chi connectivity index (χ3n) is 2.45. The van der Waals surface area contributed by atoms with Gasteiger partial charge in [-0.2, -0.15) is 0 Å². The van der Waals surface area contributed by atoms with Crippen molar-refractivity contribution in [1.29, 1.82) is 0 Å². The van der Waals surface area contributed by atoms with Gasteiger partial charge in [-0.15, -0.1) is 0 Å². The number of nitrogens with one attached hydrogen (secondary N) is 1. The van der Waals surface area contributed by atoms with Gasteiger partial charge in [-0.3, -0.25) is 14.3 Å². The van der Waals surface area contributed by atoms with E-state index in [0.29, 0.717) is 12.8 Å². The molecule has 0 spiro atoms. The van der Waals surface area contributed by atoms with Crippen molar-refractivity contribution < 1.29 is 9.84 Å². The third-order valence-corrected chi connectivity index (χ3v) is 2.45. The molecule has 2 heterocycles. The van der Waals surface area contributed by atoms with Crippen molar-refractivity contribution in [3.63, 3.8) is 0 Å². The van der Waals surface area contributed by atoms with Crippen LogP contribution in [0.2, 0.25) is 0 Å². The van der Waals surface area contributed by atoms with Gasteiger partial charge in [0.15, 0.2) is 0 Å². The molecule has 0 saturated carbocycles. The van der Waals surface area contributed by atoms with Gasteiger partial charge < -0.3 is 9.84 Å². The number of hydrogen-bond donors (Lipinski definition) is 2. The number of aliphatic hydroxyl groups excluding tert-OH is 1. The standard InChI is InChI=1S/C9H12N2O4/c12-5-6-1-2-8(15-6)11-4-3-7(13)10-9(11)14/h3-4,6,8,12H,1-2,5H2,(H,10,13,14)/t6?,8-/m1/s1. The summed E-state index contributed by atoms with van der Waals surface area (Å²) in [5.74, 6) is 0. The first-order valence-corrected chi connectivity index (χ1v) is 4.78. The Hall–Kier alpha value is -1.40. The lowest BCUT2D eigenvalue weighted by Gasteiger charge is -2.13. The summed E-state index contributed by atoms with van der Waals surface area (Å²) < 4.78 is 6.74. The van der Waals surface area contributed by atoms with E-state index in [-0.39, 0.29) is 18.9 Å². The highest BCUT2D eigenvalue weighted by atomic mass is 16.5. The Kier molecular flexibility index (Phi) is 2.70. The van der Waals surface area contributed by atoms with Crippen LogP contribution < -0.4 is 11.2 Å². The highest BCUT2D eigenvalue weighted by Gasteiger charge is 2.26. The fourth-order valence-corrected chi connectivity index (χ4v) is 1.68. The Morgan fingerprint density at radius 3 is 2.93 bits per heavy atom. The first-order chi connectivity index (χ1) is 7.20. The molecule has 1 fully saturated rings.